The van der Waals surface area contributed by atoms with Gasteiger partial charge in [-0.1, -0.05) is 13.3 Å². The van der Waals surface area contributed by atoms with E-state index in [9.17, 15) is 4.79 Å². The number of likely N-dealkylation sites (tertiary alicyclic amines) is 1. The molecule has 1 amide bonds. The molecule has 88 valence electrons. The topological polar surface area (TPSA) is 66.6 Å². The maximum Gasteiger partial charge on any atom is 0.224 e. The van der Waals surface area contributed by atoms with Gasteiger partial charge >= 0.3 is 0 Å². The number of aliphatic hydroxyl groups is 1. The lowest BCUT2D eigenvalue weighted by atomic mass is 10.1. The van der Waals surface area contributed by atoms with Crippen LogP contribution in [0.25, 0.3) is 0 Å². The molecule has 1 aliphatic heterocycles. The molecular formula is C11H22N2O2. The van der Waals surface area contributed by atoms with Crippen molar-refractivity contribution < 1.29 is 9.90 Å². The average Bonchev–Trinajstić information content (AvgIpc) is 2.65. The van der Waals surface area contributed by atoms with E-state index in [1.807, 2.05) is 0 Å². The summed E-state index contributed by atoms with van der Waals surface area (Å²) in [4.78, 5) is 13.6. The fraction of sp³-hybridized carbons (Fsp3) is 0.909. The molecule has 4 heteroatoms. The molecule has 0 radical (unpaired) electrons. The lowest BCUT2D eigenvalue weighted by Gasteiger charge is -2.24. The highest BCUT2D eigenvalue weighted by atomic mass is 16.3. The normalized spacial score (nSPS) is 23.1. The Kier molecular flexibility index (Phi) is 5.05. The number of nitrogens with two attached hydrogens (primary N) is 1. The highest BCUT2D eigenvalue weighted by Crippen LogP contribution is 2.18. The van der Waals surface area contributed by atoms with Crippen molar-refractivity contribution in [2.24, 2.45) is 5.73 Å². The van der Waals surface area contributed by atoms with Crippen molar-refractivity contribution in [1.82, 2.24) is 4.90 Å². The molecule has 1 heterocycles. The number of rotatable bonds is 5. The van der Waals surface area contributed by atoms with Gasteiger partial charge in [-0.3, -0.25) is 4.79 Å². The Balaban J connectivity index is 2.38. The highest BCUT2D eigenvalue weighted by molar-refractivity contribution is 5.77. The van der Waals surface area contributed by atoms with E-state index in [1.165, 1.54) is 0 Å². The standard InChI is InChI=1S/C11H22N2O2/c1-2-4-9(12)7-11(15)13-6-3-5-10(13)8-14/h9-10,14H,2-8,12H2,1H3/t9?,10-/m0/s1. The van der Waals surface area contributed by atoms with Crippen molar-refractivity contribution >= 4 is 5.91 Å². The lowest BCUT2D eigenvalue weighted by Crippen LogP contribution is -2.40. The Labute approximate surface area is 91.4 Å². The Morgan fingerprint density at radius 3 is 3.00 bits per heavy atom. The van der Waals surface area contributed by atoms with Gasteiger partial charge in [0.25, 0.3) is 0 Å². The smallest absolute Gasteiger partial charge is 0.224 e. The van der Waals surface area contributed by atoms with Crippen LogP contribution in [0, 0.1) is 0 Å². The minimum absolute atomic E-state index is 0.0255. The molecule has 0 bridgehead atoms. The largest absolute Gasteiger partial charge is 0.394 e. The fourth-order valence-electron chi connectivity index (χ4n) is 2.17. The summed E-state index contributed by atoms with van der Waals surface area (Å²) in [6, 6.07) is 0.00812. The quantitative estimate of drug-likeness (QED) is 0.700. The summed E-state index contributed by atoms with van der Waals surface area (Å²) in [5, 5.41) is 9.10. The number of hydrogen-bond acceptors (Lipinski definition) is 3. The van der Waals surface area contributed by atoms with Crippen LogP contribution in [0.3, 0.4) is 0 Å². The van der Waals surface area contributed by atoms with Gasteiger partial charge in [-0.05, 0) is 19.3 Å². The molecule has 1 aliphatic rings. The first-order chi connectivity index (χ1) is 7.19. The fourth-order valence-corrected chi connectivity index (χ4v) is 2.17. The second-order valence-electron chi connectivity index (χ2n) is 4.32. The van der Waals surface area contributed by atoms with Gasteiger partial charge in [0, 0.05) is 19.0 Å². The van der Waals surface area contributed by atoms with E-state index in [-0.39, 0.29) is 24.6 Å². The Hall–Kier alpha value is -0.610. The van der Waals surface area contributed by atoms with Crippen molar-refractivity contribution in [3.05, 3.63) is 0 Å². The monoisotopic (exact) mass is 214 g/mol. The van der Waals surface area contributed by atoms with Crippen molar-refractivity contribution in [3.8, 4) is 0 Å². The van der Waals surface area contributed by atoms with E-state index in [1.54, 1.807) is 4.90 Å². The molecule has 1 fully saturated rings. The second-order valence-corrected chi connectivity index (χ2v) is 4.32. The number of nitrogens with zero attached hydrogens (tertiary/aromatic N) is 1. The van der Waals surface area contributed by atoms with Crippen LogP contribution in [-0.4, -0.2) is 41.1 Å². The van der Waals surface area contributed by atoms with Gasteiger partial charge in [-0.15, -0.1) is 0 Å². The number of carbonyl (C=O) groups is 1. The lowest BCUT2D eigenvalue weighted by molar-refractivity contribution is -0.133. The summed E-state index contributed by atoms with van der Waals surface area (Å²) in [5.41, 5.74) is 5.83. The molecule has 4 nitrogen and oxygen atoms in total. The van der Waals surface area contributed by atoms with Crippen molar-refractivity contribution in [2.75, 3.05) is 13.2 Å². The minimum atomic E-state index is -0.0255. The molecule has 1 unspecified atom stereocenters. The van der Waals surface area contributed by atoms with Crippen LogP contribution in [-0.2, 0) is 4.79 Å². The van der Waals surface area contributed by atoms with Gasteiger partial charge in [0.15, 0.2) is 0 Å². The van der Waals surface area contributed by atoms with Gasteiger partial charge in [-0.25, -0.2) is 0 Å². The Morgan fingerprint density at radius 2 is 2.40 bits per heavy atom. The van der Waals surface area contributed by atoms with E-state index < -0.39 is 0 Å². The van der Waals surface area contributed by atoms with Crippen LogP contribution in [0.5, 0.6) is 0 Å². The van der Waals surface area contributed by atoms with E-state index in [0.717, 1.165) is 32.2 Å². The molecular weight excluding hydrogens is 192 g/mol. The van der Waals surface area contributed by atoms with Crippen LogP contribution in [0.4, 0.5) is 0 Å². The third-order valence-corrected chi connectivity index (χ3v) is 3.00. The van der Waals surface area contributed by atoms with Crippen LogP contribution >= 0.6 is 0 Å². The van der Waals surface area contributed by atoms with Crippen molar-refractivity contribution in [2.45, 2.75) is 51.1 Å². The van der Waals surface area contributed by atoms with E-state index in [0.29, 0.717) is 6.42 Å². The van der Waals surface area contributed by atoms with Gasteiger partial charge in [-0.2, -0.15) is 0 Å². The molecule has 1 saturated heterocycles. The summed E-state index contributed by atoms with van der Waals surface area (Å²) >= 11 is 0. The summed E-state index contributed by atoms with van der Waals surface area (Å²) in [5.74, 6) is 0.104. The molecule has 3 N–H and O–H groups in total. The predicted molar refractivity (Wildman–Crippen MR) is 59.3 cm³/mol. The first kappa shape index (κ1) is 12.5. The first-order valence-corrected chi connectivity index (χ1v) is 5.85. The van der Waals surface area contributed by atoms with Crippen LogP contribution in [0.2, 0.25) is 0 Å². The summed E-state index contributed by atoms with van der Waals surface area (Å²) in [6.07, 6.45) is 4.25. The molecule has 2 atom stereocenters. The highest BCUT2D eigenvalue weighted by Gasteiger charge is 2.28. The Morgan fingerprint density at radius 1 is 1.67 bits per heavy atom. The maximum atomic E-state index is 11.8. The van der Waals surface area contributed by atoms with Crippen molar-refractivity contribution in [1.29, 1.82) is 0 Å². The van der Waals surface area contributed by atoms with Gasteiger partial charge < -0.3 is 15.7 Å². The second kappa shape index (κ2) is 6.08. The molecule has 15 heavy (non-hydrogen) atoms. The molecule has 0 spiro atoms. The average molecular weight is 214 g/mol. The van der Waals surface area contributed by atoms with Crippen molar-refractivity contribution in [3.63, 3.8) is 0 Å². The number of carbonyl (C=O) groups excluding carboxylic acids is 1. The van der Waals surface area contributed by atoms with E-state index in [2.05, 4.69) is 6.92 Å². The van der Waals surface area contributed by atoms with Crippen LogP contribution in [0.15, 0.2) is 0 Å². The zero-order chi connectivity index (χ0) is 11.3. The van der Waals surface area contributed by atoms with Crippen LogP contribution in [0.1, 0.15) is 39.0 Å². The molecule has 1 rings (SSSR count). The molecule has 0 saturated carbocycles. The molecule has 0 aromatic heterocycles. The zero-order valence-corrected chi connectivity index (χ0v) is 9.48. The summed E-state index contributed by atoms with van der Waals surface area (Å²) in [7, 11) is 0. The third-order valence-electron chi connectivity index (χ3n) is 3.00. The van der Waals surface area contributed by atoms with Gasteiger partial charge in [0.05, 0.1) is 12.6 Å². The maximum absolute atomic E-state index is 11.8. The third kappa shape index (κ3) is 3.47. The van der Waals surface area contributed by atoms with E-state index in [4.69, 9.17) is 10.8 Å². The van der Waals surface area contributed by atoms with Gasteiger partial charge in [0.2, 0.25) is 5.91 Å². The number of amides is 1. The van der Waals surface area contributed by atoms with Gasteiger partial charge in [0.1, 0.15) is 0 Å². The zero-order valence-electron chi connectivity index (χ0n) is 9.48. The van der Waals surface area contributed by atoms with E-state index >= 15 is 0 Å². The minimum Gasteiger partial charge on any atom is -0.394 e. The molecule has 0 aliphatic carbocycles. The number of hydrogen-bond donors (Lipinski definition) is 2. The summed E-state index contributed by atoms with van der Waals surface area (Å²) in [6.45, 7) is 2.92. The molecule has 0 aromatic rings. The van der Waals surface area contributed by atoms with Crippen LogP contribution < -0.4 is 5.73 Å². The predicted octanol–water partition coefficient (Wildman–Crippen LogP) is 0.487. The number of aliphatic hydroxyl groups excluding tert-OH is 1. The SMILES string of the molecule is CCCC(N)CC(=O)N1CCC[C@H]1CO. The molecule has 0 aromatic carbocycles. The Bertz CT molecular complexity index is 209. The summed E-state index contributed by atoms with van der Waals surface area (Å²) < 4.78 is 0. The first-order valence-electron chi connectivity index (χ1n) is 5.85.